The van der Waals surface area contributed by atoms with Crippen molar-refractivity contribution < 1.29 is 9.47 Å². The Hall–Kier alpha value is -4.38. The number of hydrogen-bond acceptors (Lipinski definition) is 4. The highest BCUT2D eigenvalue weighted by Gasteiger charge is 2.22. The molecule has 0 unspecified atom stereocenters. The molecule has 0 saturated carbocycles. The van der Waals surface area contributed by atoms with E-state index in [1.807, 2.05) is 84.9 Å². The number of fused-ring (bicyclic) bond motifs is 2. The van der Waals surface area contributed by atoms with Crippen molar-refractivity contribution in [3.63, 3.8) is 0 Å². The maximum absolute atomic E-state index is 13.8. The average Bonchev–Trinajstić information content (AvgIpc) is 3.28. The van der Waals surface area contributed by atoms with E-state index in [1.54, 1.807) is 18.6 Å². The molecule has 0 saturated heterocycles. The number of imidazole rings is 1. The van der Waals surface area contributed by atoms with Crippen LogP contribution < -0.4 is 15.0 Å². The Morgan fingerprint density at radius 1 is 0.697 bits per heavy atom. The highest BCUT2D eigenvalue weighted by Crippen LogP contribution is 2.37. The van der Waals surface area contributed by atoms with Crippen LogP contribution in [0.3, 0.4) is 0 Å². The number of hydrogen-bond donors (Lipinski definition) is 0. The third-order valence-corrected chi connectivity index (χ3v) is 6.18. The van der Waals surface area contributed by atoms with Crippen LogP contribution in [0.25, 0.3) is 49.7 Å². The lowest BCUT2D eigenvalue weighted by Crippen LogP contribution is -2.14. The molecule has 0 aliphatic carbocycles. The van der Waals surface area contributed by atoms with Gasteiger partial charge in [-0.15, -0.1) is 0 Å². The van der Waals surface area contributed by atoms with Crippen LogP contribution in [0.15, 0.2) is 89.7 Å². The van der Waals surface area contributed by atoms with Crippen molar-refractivity contribution >= 4 is 27.2 Å². The van der Waals surface area contributed by atoms with Gasteiger partial charge < -0.3 is 9.47 Å². The highest BCUT2D eigenvalue weighted by atomic mass is 16.5. The molecule has 6 rings (SSSR count). The Balaban J connectivity index is 1.78. The summed E-state index contributed by atoms with van der Waals surface area (Å²) in [5, 5.41) is 3.62. The lowest BCUT2D eigenvalue weighted by atomic mass is 10.0. The minimum absolute atomic E-state index is 0.0765. The fraction of sp³-hybridized carbons (Fsp3) is 0.0714. The van der Waals surface area contributed by atoms with Gasteiger partial charge in [-0.1, -0.05) is 30.3 Å². The van der Waals surface area contributed by atoms with E-state index in [2.05, 4.69) is 0 Å². The fourth-order valence-corrected chi connectivity index (χ4v) is 4.59. The van der Waals surface area contributed by atoms with Crippen molar-refractivity contribution in [3.05, 3.63) is 95.3 Å². The van der Waals surface area contributed by atoms with Gasteiger partial charge >= 0.3 is 0 Å². The van der Waals surface area contributed by atoms with Gasteiger partial charge in [0.2, 0.25) is 0 Å². The highest BCUT2D eigenvalue weighted by molar-refractivity contribution is 6.15. The lowest BCUT2D eigenvalue weighted by molar-refractivity contribution is 0.414. The first-order valence-electron chi connectivity index (χ1n) is 10.7. The van der Waals surface area contributed by atoms with Gasteiger partial charge in [-0.3, -0.25) is 9.20 Å². The maximum Gasteiger partial charge on any atom is 0.264 e. The number of nitrogens with zero attached hydrogens (tertiary/aromatic N) is 2. The molecule has 2 heterocycles. The molecular formula is C28H20N2O3. The SMILES string of the molecule is COc1ccc(-c2nc3c4cccc5cccc(c(=O)n3c2-c2ccc(OC)cc2)c54)cc1. The summed E-state index contributed by atoms with van der Waals surface area (Å²) >= 11 is 0. The number of ether oxygens (including phenoxy) is 2. The second kappa shape index (κ2) is 7.35. The summed E-state index contributed by atoms with van der Waals surface area (Å²) in [6, 6.07) is 27.4. The normalized spacial score (nSPS) is 11.5. The Kier molecular flexibility index (Phi) is 4.30. The molecule has 5 heteroatoms. The molecule has 0 atom stereocenters. The zero-order chi connectivity index (χ0) is 22.5. The topological polar surface area (TPSA) is 52.8 Å². The Bertz CT molecular complexity index is 1680. The van der Waals surface area contributed by atoms with E-state index in [1.165, 1.54) is 0 Å². The quantitative estimate of drug-likeness (QED) is 0.354. The van der Waals surface area contributed by atoms with Crippen molar-refractivity contribution in [2.24, 2.45) is 0 Å². The zero-order valence-electron chi connectivity index (χ0n) is 18.2. The van der Waals surface area contributed by atoms with Gasteiger partial charge in [0, 0.05) is 27.3 Å². The van der Waals surface area contributed by atoms with Crippen LogP contribution in [0.1, 0.15) is 0 Å². The summed E-state index contributed by atoms with van der Waals surface area (Å²) in [6.07, 6.45) is 0. The fourth-order valence-electron chi connectivity index (χ4n) is 4.59. The number of aromatic nitrogens is 2. The molecule has 0 fully saturated rings. The van der Waals surface area contributed by atoms with Crippen LogP contribution >= 0.6 is 0 Å². The lowest BCUT2D eigenvalue weighted by Gasteiger charge is -2.09. The van der Waals surface area contributed by atoms with E-state index in [0.717, 1.165) is 50.2 Å². The molecule has 160 valence electrons. The molecule has 0 radical (unpaired) electrons. The second-order valence-electron chi connectivity index (χ2n) is 7.94. The Labute approximate surface area is 189 Å². The summed E-state index contributed by atoms with van der Waals surface area (Å²) in [6.45, 7) is 0. The average molecular weight is 432 g/mol. The molecule has 0 amide bonds. The third kappa shape index (κ3) is 2.86. The number of rotatable bonds is 4. The van der Waals surface area contributed by atoms with E-state index in [-0.39, 0.29) is 5.56 Å². The Morgan fingerprint density at radius 3 is 1.88 bits per heavy atom. The predicted octanol–water partition coefficient (Wildman–Crippen LogP) is 5.79. The van der Waals surface area contributed by atoms with Gasteiger partial charge in [-0.25, -0.2) is 4.98 Å². The van der Waals surface area contributed by atoms with Crippen molar-refractivity contribution in [2.45, 2.75) is 0 Å². The van der Waals surface area contributed by atoms with E-state index in [9.17, 15) is 4.79 Å². The first-order chi connectivity index (χ1) is 16.2. The van der Waals surface area contributed by atoms with Crippen molar-refractivity contribution in [1.29, 1.82) is 0 Å². The molecule has 0 bridgehead atoms. The second-order valence-corrected chi connectivity index (χ2v) is 7.94. The molecule has 0 aliphatic heterocycles. The molecule has 2 aromatic heterocycles. The van der Waals surface area contributed by atoms with Gasteiger partial charge in [0.05, 0.1) is 25.6 Å². The molecule has 0 aliphatic rings. The molecule has 33 heavy (non-hydrogen) atoms. The van der Waals surface area contributed by atoms with Gasteiger partial charge in [-0.2, -0.15) is 0 Å². The van der Waals surface area contributed by atoms with Gasteiger partial charge in [0.15, 0.2) is 0 Å². The predicted molar refractivity (Wildman–Crippen MR) is 132 cm³/mol. The molecular weight excluding hydrogens is 412 g/mol. The van der Waals surface area contributed by atoms with E-state index in [4.69, 9.17) is 14.5 Å². The summed E-state index contributed by atoms with van der Waals surface area (Å²) in [5.74, 6) is 1.52. The van der Waals surface area contributed by atoms with Crippen LogP contribution in [0, 0.1) is 0 Å². The first kappa shape index (κ1) is 19.3. The minimum atomic E-state index is -0.0765. The maximum atomic E-state index is 13.8. The smallest absolute Gasteiger partial charge is 0.264 e. The summed E-state index contributed by atoms with van der Waals surface area (Å²) in [5.41, 5.74) is 3.88. The standard InChI is InChI=1S/C28H20N2O3/c1-32-20-13-9-18(10-14-20)25-26(19-11-15-21(33-2)16-12-19)30-27(29-25)22-7-3-5-17-6-4-8-23(24(17)22)28(30)31/h3-16H,1-2H3. The number of pyridine rings is 1. The minimum Gasteiger partial charge on any atom is -0.497 e. The van der Waals surface area contributed by atoms with E-state index >= 15 is 0 Å². The van der Waals surface area contributed by atoms with Crippen molar-refractivity contribution in [1.82, 2.24) is 9.38 Å². The summed E-state index contributed by atoms with van der Waals surface area (Å²) in [4.78, 5) is 18.9. The molecule has 5 nitrogen and oxygen atoms in total. The molecule has 0 spiro atoms. The van der Waals surface area contributed by atoms with Crippen molar-refractivity contribution in [2.75, 3.05) is 14.2 Å². The van der Waals surface area contributed by atoms with Gasteiger partial charge in [0.1, 0.15) is 17.1 Å². The van der Waals surface area contributed by atoms with Crippen LogP contribution in [0.2, 0.25) is 0 Å². The van der Waals surface area contributed by atoms with Gasteiger partial charge in [-0.05, 0) is 60.0 Å². The molecule has 4 aromatic carbocycles. The number of methoxy groups -OCH3 is 2. The van der Waals surface area contributed by atoms with Crippen LogP contribution in [-0.2, 0) is 0 Å². The zero-order valence-corrected chi connectivity index (χ0v) is 18.2. The largest absolute Gasteiger partial charge is 0.497 e. The summed E-state index contributed by atoms with van der Waals surface area (Å²) in [7, 11) is 3.28. The summed E-state index contributed by atoms with van der Waals surface area (Å²) < 4.78 is 12.4. The monoisotopic (exact) mass is 432 g/mol. The van der Waals surface area contributed by atoms with Crippen molar-refractivity contribution in [3.8, 4) is 34.0 Å². The van der Waals surface area contributed by atoms with E-state index < -0.39 is 0 Å². The molecule has 0 N–H and O–H groups in total. The van der Waals surface area contributed by atoms with E-state index in [0.29, 0.717) is 11.0 Å². The van der Waals surface area contributed by atoms with Crippen LogP contribution in [-0.4, -0.2) is 23.6 Å². The first-order valence-corrected chi connectivity index (χ1v) is 10.7. The van der Waals surface area contributed by atoms with Crippen LogP contribution in [0.4, 0.5) is 0 Å². The van der Waals surface area contributed by atoms with Gasteiger partial charge in [0.25, 0.3) is 5.56 Å². The Morgan fingerprint density at radius 2 is 1.27 bits per heavy atom. The van der Waals surface area contributed by atoms with Crippen LogP contribution in [0.5, 0.6) is 11.5 Å². The third-order valence-electron chi connectivity index (χ3n) is 6.18. The molecule has 6 aromatic rings. The number of benzene rings is 4.